The van der Waals surface area contributed by atoms with Gasteiger partial charge in [-0.3, -0.25) is 14.9 Å². The van der Waals surface area contributed by atoms with Crippen LogP contribution in [0.15, 0.2) is 52.5 Å². The first kappa shape index (κ1) is 18.5. The van der Waals surface area contributed by atoms with Crippen LogP contribution in [-0.2, 0) is 4.79 Å². The molecule has 2 aromatic carbocycles. The van der Waals surface area contributed by atoms with Crippen LogP contribution < -0.4 is 0 Å². The molecular weight excluding hydrogens is 390 g/mol. The number of carbonyl (C=O) groups is 1. The molecule has 10 heteroatoms. The lowest BCUT2D eigenvalue weighted by Crippen LogP contribution is -2.22. The highest BCUT2D eigenvalue weighted by molar-refractivity contribution is 8.26. The zero-order valence-corrected chi connectivity index (χ0v) is 15.1. The zero-order valence-electron chi connectivity index (χ0n) is 13.5. The summed E-state index contributed by atoms with van der Waals surface area (Å²) < 4.78 is 0.205. The molecule has 2 aromatic rings. The number of non-ortho nitro benzene ring substituents is 1. The lowest BCUT2D eigenvalue weighted by Gasteiger charge is -2.06. The van der Waals surface area contributed by atoms with Gasteiger partial charge < -0.3 is 10.2 Å². The van der Waals surface area contributed by atoms with Gasteiger partial charge in [-0.2, -0.15) is 10.1 Å². The maximum absolute atomic E-state index is 12.5. The number of rotatable bonds is 4. The molecule has 1 aliphatic heterocycles. The normalized spacial score (nSPS) is 15.9. The fraction of sp³-hybridized carbons (Fsp3) is 0. The van der Waals surface area contributed by atoms with Gasteiger partial charge >= 0.3 is 0 Å². The Morgan fingerprint density at radius 3 is 2.63 bits per heavy atom. The van der Waals surface area contributed by atoms with Gasteiger partial charge in [-0.15, -0.1) is 0 Å². The number of aromatic hydroxyl groups is 2. The first-order chi connectivity index (χ1) is 12.8. The Hall–Kier alpha value is -3.24. The minimum Gasteiger partial charge on any atom is -0.504 e. The molecule has 0 radical (unpaired) electrons. The van der Waals surface area contributed by atoms with Crippen molar-refractivity contribution >= 4 is 52.2 Å². The average molecular weight is 401 g/mol. The van der Waals surface area contributed by atoms with Crippen molar-refractivity contribution in [2.24, 2.45) is 5.10 Å². The lowest BCUT2D eigenvalue weighted by atomic mass is 10.2. The third kappa shape index (κ3) is 4.13. The van der Waals surface area contributed by atoms with Crippen LogP contribution in [0.2, 0.25) is 0 Å². The quantitative estimate of drug-likeness (QED) is 0.202. The molecule has 1 fully saturated rings. The van der Waals surface area contributed by atoms with Crippen LogP contribution in [0, 0.1) is 10.1 Å². The van der Waals surface area contributed by atoms with Gasteiger partial charge in [0, 0.05) is 12.1 Å². The summed E-state index contributed by atoms with van der Waals surface area (Å²) in [4.78, 5) is 23.1. The number of benzene rings is 2. The summed E-state index contributed by atoms with van der Waals surface area (Å²) in [7, 11) is 0. The van der Waals surface area contributed by atoms with Gasteiger partial charge in [0.2, 0.25) is 0 Å². The Balaban J connectivity index is 1.82. The molecule has 0 aliphatic carbocycles. The predicted molar refractivity (Wildman–Crippen MR) is 105 cm³/mol. The van der Waals surface area contributed by atoms with Gasteiger partial charge in [-0.25, -0.2) is 0 Å². The van der Waals surface area contributed by atoms with Crippen molar-refractivity contribution in [3.05, 3.63) is 68.6 Å². The summed E-state index contributed by atoms with van der Waals surface area (Å²) in [5, 5.41) is 34.7. The van der Waals surface area contributed by atoms with Crippen LogP contribution in [0.4, 0.5) is 5.69 Å². The molecule has 8 nitrogen and oxygen atoms in total. The van der Waals surface area contributed by atoms with Crippen LogP contribution in [0.3, 0.4) is 0 Å². The van der Waals surface area contributed by atoms with E-state index in [9.17, 15) is 25.1 Å². The van der Waals surface area contributed by atoms with Crippen LogP contribution in [-0.4, -0.2) is 36.6 Å². The number of hydrogen-bond acceptors (Lipinski definition) is 8. The molecule has 1 aliphatic rings. The molecule has 3 rings (SSSR count). The van der Waals surface area contributed by atoms with E-state index in [0.29, 0.717) is 11.1 Å². The fourth-order valence-corrected chi connectivity index (χ4v) is 3.36. The van der Waals surface area contributed by atoms with E-state index in [0.717, 1.165) is 16.8 Å². The summed E-state index contributed by atoms with van der Waals surface area (Å²) in [5.74, 6) is -1.04. The topological polar surface area (TPSA) is 116 Å². The number of hydrogen-bond donors (Lipinski definition) is 2. The Kier molecular flexibility index (Phi) is 5.19. The van der Waals surface area contributed by atoms with E-state index in [1.54, 1.807) is 6.07 Å². The van der Waals surface area contributed by atoms with Crippen molar-refractivity contribution in [3.63, 3.8) is 0 Å². The summed E-state index contributed by atoms with van der Waals surface area (Å²) in [6.45, 7) is 0. The number of nitro groups is 1. The molecule has 2 N–H and O–H groups in total. The van der Waals surface area contributed by atoms with E-state index in [4.69, 9.17) is 12.2 Å². The highest BCUT2D eigenvalue weighted by atomic mass is 32.2. The summed E-state index contributed by atoms with van der Waals surface area (Å²) in [6.07, 6.45) is 2.83. The average Bonchev–Trinajstić information content (AvgIpc) is 2.89. The lowest BCUT2D eigenvalue weighted by molar-refractivity contribution is -0.384. The van der Waals surface area contributed by atoms with Crippen LogP contribution in [0.5, 0.6) is 11.5 Å². The van der Waals surface area contributed by atoms with Gasteiger partial charge in [-0.05, 0) is 47.6 Å². The molecule has 136 valence electrons. The number of carbonyl (C=O) groups excluding carboxylic acids is 1. The molecule has 1 saturated heterocycles. The van der Waals surface area contributed by atoms with Gasteiger partial charge in [0.05, 0.1) is 16.0 Å². The van der Waals surface area contributed by atoms with Crippen molar-refractivity contribution in [3.8, 4) is 11.5 Å². The van der Waals surface area contributed by atoms with Crippen molar-refractivity contribution in [2.75, 3.05) is 0 Å². The highest BCUT2D eigenvalue weighted by Crippen LogP contribution is 2.33. The standard InChI is InChI=1S/C17H11N3O5S2/c21-13-5-4-11(7-14(13)22)9-18-19-16(23)15(27-17(19)26)8-10-2-1-3-12(6-10)20(24)25/h1-9,21-22H/b15-8+,18-9+. The molecule has 1 amide bonds. The van der Waals surface area contributed by atoms with Gasteiger partial charge in [0.1, 0.15) is 0 Å². The Labute approximate surface area is 162 Å². The molecule has 0 unspecified atom stereocenters. The number of phenols is 2. The van der Waals surface area contributed by atoms with Gasteiger partial charge in [-0.1, -0.05) is 23.9 Å². The van der Waals surface area contributed by atoms with Crippen LogP contribution in [0.25, 0.3) is 6.08 Å². The summed E-state index contributed by atoms with van der Waals surface area (Å²) in [6, 6.07) is 9.98. The SMILES string of the molecule is O=C1/C(=C\c2cccc([N+](=O)[O-])c2)SC(=S)N1/N=C/c1ccc(O)c(O)c1. The second-order valence-corrected chi connectivity index (χ2v) is 7.01. The van der Waals surface area contributed by atoms with Crippen molar-refractivity contribution < 1.29 is 19.9 Å². The first-order valence-corrected chi connectivity index (χ1v) is 8.66. The maximum Gasteiger partial charge on any atom is 0.286 e. The number of thiocarbonyl (C=S) groups is 1. The van der Waals surface area contributed by atoms with Crippen molar-refractivity contribution in [1.29, 1.82) is 0 Å². The van der Waals surface area contributed by atoms with E-state index < -0.39 is 10.8 Å². The third-order valence-corrected chi connectivity index (χ3v) is 4.76. The van der Waals surface area contributed by atoms with E-state index in [2.05, 4.69) is 5.10 Å². The second kappa shape index (κ2) is 7.56. The Bertz CT molecular complexity index is 1020. The molecular formula is C17H11N3O5S2. The Morgan fingerprint density at radius 2 is 1.93 bits per heavy atom. The number of thioether (sulfide) groups is 1. The minimum atomic E-state index is -0.514. The van der Waals surface area contributed by atoms with E-state index in [1.807, 2.05) is 0 Å². The maximum atomic E-state index is 12.5. The van der Waals surface area contributed by atoms with Crippen LogP contribution >= 0.6 is 24.0 Å². The second-order valence-electron chi connectivity index (χ2n) is 5.34. The third-order valence-electron chi connectivity index (χ3n) is 3.47. The number of phenolic OH excluding ortho intramolecular Hbond substituents is 2. The largest absolute Gasteiger partial charge is 0.504 e. The molecule has 27 heavy (non-hydrogen) atoms. The number of nitro benzene ring substituents is 1. The van der Waals surface area contributed by atoms with E-state index >= 15 is 0 Å². The molecule has 0 bridgehead atoms. The van der Waals surface area contributed by atoms with Gasteiger partial charge in [0.15, 0.2) is 15.8 Å². The molecule has 0 aromatic heterocycles. The van der Waals surface area contributed by atoms with Crippen molar-refractivity contribution in [1.82, 2.24) is 5.01 Å². The zero-order chi connectivity index (χ0) is 19.6. The first-order valence-electron chi connectivity index (χ1n) is 7.43. The summed E-state index contributed by atoms with van der Waals surface area (Å²) in [5.41, 5.74) is 0.878. The van der Waals surface area contributed by atoms with Crippen LogP contribution in [0.1, 0.15) is 11.1 Å². The smallest absolute Gasteiger partial charge is 0.286 e. The van der Waals surface area contributed by atoms with Gasteiger partial charge in [0.25, 0.3) is 11.6 Å². The fourth-order valence-electron chi connectivity index (χ4n) is 2.18. The number of nitrogens with zero attached hydrogens (tertiary/aromatic N) is 3. The molecule has 0 spiro atoms. The number of amides is 1. The van der Waals surface area contributed by atoms with Crippen molar-refractivity contribution in [2.45, 2.75) is 0 Å². The monoisotopic (exact) mass is 401 g/mol. The molecule has 0 atom stereocenters. The molecule has 0 saturated carbocycles. The Morgan fingerprint density at radius 1 is 1.15 bits per heavy atom. The van der Waals surface area contributed by atoms with E-state index in [1.165, 1.54) is 48.7 Å². The molecule has 1 heterocycles. The summed E-state index contributed by atoms with van der Waals surface area (Å²) >= 11 is 6.18. The van der Waals surface area contributed by atoms with E-state index in [-0.39, 0.29) is 26.4 Å². The minimum absolute atomic E-state index is 0.0793. The highest BCUT2D eigenvalue weighted by Gasteiger charge is 2.32. The predicted octanol–water partition coefficient (Wildman–Crippen LogP) is 3.24. The number of hydrazone groups is 1.